The first-order valence-corrected chi connectivity index (χ1v) is 5.04. The molecular weight excluding hydrogens is 218 g/mol. The molecule has 4 nitrogen and oxygen atoms in total. The molecule has 0 saturated heterocycles. The number of carbonyl (C=O) groups is 2. The summed E-state index contributed by atoms with van der Waals surface area (Å²) >= 11 is 0. The van der Waals surface area contributed by atoms with E-state index < -0.39 is 17.4 Å². The van der Waals surface area contributed by atoms with E-state index in [1.165, 1.54) is 6.92 Å². The number of carboxylic acid groups (broad SMARTS) is 1. The molecule has 1 aromatic rings. The van der Waals surface area contributed by atoms with Crippen molar-refractivity contribution in [1.29, 1.82) is 0 Å². The number of aliphatic carboxylic acids is 1. The molecular formula is C13H13NO3. The average molecular weight is 231 g/mol. The Morgan fingerprint density at radius 3 is 2.47 bits per heavy atom. The zero-order valence-electron chi connectivity index (χ0n) is 9.43. The van der Waals surface area contributed by atoms with Gasteiger partial charge >= 0.3 is 5.97 Å². The molecule has 1 atom stereocenters. The quantitative estimate of drug-likeness (QED) is 0.767. The second kappa shape index (κ2) is 5.17. The monoisotopic (exact) mass is 231 g/mol. The number of hydrogen-bond donors (Lipinski definition) is 2. The van der Waals surface area contributed by atoms with Crippen molar-refractivity contribution in [2.45, 2.75) is 18.9 Å². The van der Waals surface area contributed by atoms with Crippen LogP contribution in [0.3, 0.4) is 0 Å². The summed E-state index contributed by atoms with van der Waals surface area (Å²) in [6.07, 6.45) is 5.03. The lowest BCUT2D eigenvalue weighted by molar-refractivity contribution is -0.143. The molecule has 0 bridgehead atoms. The van der Waals surface area contributed by atoms with E-state index in [2.05, 4.69) is 11.2 Å². The van der Waals surface area contributed by atoms with Gasteiger partial charge < -0.3 is 10.4 Å². The van der Waals surface area contributed by atoms with Crippen molar-refractivity contribution < 1.29 is 14.7 Å². The number of carbonyl (C=O) groups excluding carboxylic acids is 1. The second-order valence-corrected chi connectivity index (χ2v) is 3.84. The highest BCUT2D eigenvalue weighted by Gasteiger charge is 2.34. The Labute approximate surface area is 99.7 Å². The molecule has 0 aliphatic carbocycles. The molecule has 0 unspecified atom stereocenters. The third kappa shape index (κ3) is 3.08. The van der Waals surface area contributed by atoms with Crippen molar-refractivity contribution in [1.82, 2.24) is 5.32 Å². The van der Waals surface area contributed by atoms with Gasteiger partial charge in [0.15, 0.2) is 0 Å². The summed E-state index contributed by atoms with van der Waals surface area (Å²) < 4.78 is 0. The van der Waals surface area contributed by atoms with Crippen LogP contribution in [0.1, 0.15) is 23.7 Å². The normalized spacial score (nSPS) is 13.2. The lowest BCUT2D eigenvalue weighted by Crippen LogP contribution is -2.51. The fourth-order valence-corrected chi connectivity index (χ4v) is 1.29. The summed E-state index contributed by atoms with van der Waals surface area (Å²) in [5, 5.41) is 11.5. The lowest BCUT2D eigenvalue weighted by atomic mass is 9.98. The Kier molecular flexibility index (Phi) is 3.89. The van der Waals surface area contributed by atoms with E-state index in [0.29, 0.717) is 5.56 Å². The zero-order valence-corrected chi connectivity index (χ0v) is 9.43. The lowest BCUT2D eigenvalue weighted by Gasteiger charge is -2.23. The molecule has 17 heavy (non-hydrogen) atoms. The van der Waals surface area contributed by atoms with Crippen LogP contribution in [0.5, 0.6) is 0 Å². The number of carboxylic acids is 1. The predicted molar refractivity (Wildman–Crippen MR) is 63.4 cm³/mol. The number of hydrogen-bond acceptors (Lipinski definition) is 2. The van der Waals surface area contributed by atoms with Crippen molar-refractivity contribution in [3.63, 3.8) is 0 Å². The van der Waals surface area contributed by atoms with E-state index in [1.807, 2.05) is 0 Å². The first kappa shape index (κ1) is 12.8. The van der Waals surface area contributed by atoms with Crippen molar-refractivity contribution in [3.05, 3.63) is 35.9 Å². The number of nitrogens with one attached hydrogen (secondary N) is 1. The van der Waals surface area contributed by atoms with E-state index in [0.717, 1.165) is 0 Å². The van der Waals surface area contributed by atoms with Gasteiger partial charge in [-0.15, -0.1) is 12.3 Å². The minimum atomic E-state index is -1.44. The summed E-state index contributed by atoms with van der Waals surface area (Å²) in [5.74, 6) is 0.645. The zero-order chi connectivity index (χ0) is 12.9. The van der Waals surface area contributed by atoms with Gasteiger partial charge in [0.05, 0.1) is 0 Å². The molecule has 0 fully saturated rings. The van der Waals surface area contributed by atoms with Gasteiger partial charge in [-0.2, -0.15) is 0 Å². The molecule has 0 aliphatic rings. The van der Waals surface area contributed by atoms with Crippen molar-refractivity contribution >= 4 is 11.9 Å². The van der Waals surface area contributed by atoms with Crippen LogP contribution >= 0.6 is 0 Å². The van der Waals surface area contributed by atoms with Gasteiger partial charge in [0.2, 0.25) is 0 Å². The van der Waals surface area contributed by atoms with Crippen LogP contribution in [0.4, 0.5) is 0 Å². The third-order valence-corrected chi connectivity index (χ3v) is 2.35. The highest BCUT2D eigenvalue weighted by atomic mass is 16.4. The molecule has 4 heteroatoms. The maximum Gasteiger partial charge on any atom is 0.330 e. The Bertz CT molecular complexity index is 461. The minimum Gasteiger partial charge on any atom is -0.479 e. The second-order valence-electron chi connectivity index (χ2n) is 3.84. The summed E-state index contributed by atoms with van der Waals surface area (Å²) in [7, 11) is 0. The highest BCUT2D eigenvalue weighted by molar-refractivity contribution is 5.97. The molecule has 1 amide bonds. The van der Waals surface area contributed by atoms with Crippen LogP contribution in [-0.4, -0.2) is 22.5 Å². The van der Waals surface area contributed by atoms with E-state index in [9.17, 15) is 9.59 Å². The molecule has 88 valence electrons. The van der Waals surface area contributed by atoms with Crippen LogP contribution in [0.25, 0.3) is 0 Å². The van der Waals surface area contributed by atoms with Gasteiger partial charge in [0.1, 0.15) is 5.54 Å². The van der Waals surface area contributed by atoms with Crippen molar-refractivity contribution in [3.8, 4) is 12.3 Å². The third-order valence-electron chi connectivity index (χ3n) is 2.35. The van der Waals surface area contributed by atoms with Crippen LogP contribution in [0, 0.1) is 12.3 Å². The van der Waals surface area contributed by atoms with Gasteiger partial charge in [-0.05, 0) is 19.1 Å². The topological polar surface area (TPSA) is 66.4 Å². The molecule has 0 heterocycles. The Morgan fingerprint density at radius 1 is 1.41 bits per heavy atom. The molecule has 1 rings (SSSR count). The fourth-order valence-electron chi connectivity index (χ4n) is 1.29. The summed E-state index contributed by atoms with van der Waals surface area (Å²) in [6.45, 7) is 1.38. The van der Waals surface area contributed by atoms with Crippen LogP contribution in [0.15, 0.2) is 30.3 Å². The number of amides is 1. The first-order chi connectivity index (χ1) is 7.99. The number of rotatable bonds is 4. The summed E-state index contributed by atoms with van der Waals surface area (Å²) in [4.78, 5) is 22.9. The standard InChI is InChI=1S/C13H13NO3/c1-3-9-13(2,12(16)17)14-11(15)10-7-5-4-6-8-10/h1,4-8H,9H2,2H3,(H,14,15)(H,16,17)/t13-/m0/s1. The van der Waals surface area contributed by atoms with E-state index in [-0.39, 0.29) is 6.42 Å². The smallest absolute Gasteiger partial charge is 0.330 e. The summed E-state index contributed by atoms with van der Waals surface area (Å²) in [6, 6.07) is 8.39. The minimum absolute atomic E-state index is 0.0685. The predicted octanol–water partition coefficient (Wildman–Crippen LogP) is 1.28. The number of benzene rings is 1. The molecule has 2 N–H and O–H groups in total. The maximum absolute atomic E-state index is 11.8. The Morgan fingerprint density at radius 2 is 2.00 bits per heavy atom. The van der Waals surface area contributed by atoms with Gasteiger partial charge in [-0.3, -0.25) is 4.79 Å². The van der Waals surface area contributed by atoms with E-state index >= 15 is 0 Å². The SMILES string of the molecule is C#CC[C@](C)(NC(=O)c1ccccc1)C(=O)O. The highest BCUT2D eigenvalue weighted by Crippen LogP contribution is 2.11. The largest absolute Gasteiger partial charge is 0.479 e. The molecule has 0 saturated carbocycles. The molecule has 0 aromatic heterocycles. The molecule has 0 aliphatic heterocycles. The fraction of sp³-hybridized carbons (Fsp3) is 0.231. The van der Waals surface area contributed by atoms with E-state index in [1.54, 1.807) is 30.3 Å². The van der Waals surface area contributed by atoms with Gasteiger partial charge in [-0.25, -0.2) is 4.79 Å². The van der Waals surface area contributed by atoms with Crippen LogP contribution in [0.2, 0.25) is 0 Å². The van der Waals surface area contributed by atoms with Gasteiger partial charge in [-0.1, -0.05) is 18.2 Å². The van der Waals surface area contributed by atoms with Crippen molar-refractivity contribution in [2.75, 3.05) is 0 Å². The van der Waals surface area contributed by atoms with Crippen LogP contribution < -0.4 is 5.32 Å². The number of terminal acetylenes is 1. The van der Waals surface area contributed by atoms with Gasteiger partial charge in [0, 0.05) is 12.0 Å². The summed E-state index contributed by atoms with van der Waals surface area (Å²) in [5.41, 5.74) is -1.04. The Balaban J connectivity index is 2.87. The van der Waals surface area contributed by atoms with Gasteiger partial charge in [0.25, 0.3) is 5.91 Å². The first-order valence-electron chi connectivity index (χ1n) is 5.04. The van der Waals surface area contributed by atoms with Crippen LogP contribution in [-0.2, 0) is 4.79 Å². The average Bonchev–Trinajstić information content (AvgIpc) is 2.30. The molecule has 1 aromatic carbocycles. The van der Waals surface area contributed by atoms with Crippen molar-refractivity contribution in [2.24, 2.45) is 0 Å². The maximum atomic E-state index is 11.8. The Hall–Kier alpha value is -2.28. The molecule has 0 spiro atoms. The van der Waals surface area contributed by atoms with E-state index in [4.69, 9.17) is 11.5 Å². The molecule has 0 radical (unpaired) electrons.